The fourth-order valence-electron chi connectivity index (χ4n) is 2.87. The highest BCUT2D eigenvalue weighted by atomic mass is 35.5. The zero-order chi connectivity index (χ0) is 17.1. The number of nitrogens with zero attached hydrogens (tertiary/aromatic N) is 3. The van der Waals surface area contributed by atoms with Gasteiger partial charge in [-0.3, -0.25) is 4.90 Å². The van der Waals surface area contributed by atoms with Crippen LogP contribution in [0, 0.1) is 5.82 Å². The molecule has 0 aliphatic carbocycles. The Morgan fingerprint density at radius 1 is 1.17 bits per heavy atom. The van der Waals surface area contributed by atoms with Crippen LogP contribution >= 0.6 is 23.2 Å². The van der Waals surface area contributed by atoms with Crippen LogP contribution in [0.2, 0.25) is 10.0 Å². The molecule has 1 aromatic carbocycles. The minimum atomic E-state index is -0.249. The summed E-state index contributed by atoms with van der Waals surface area (Å²) < 4.78 is 18.8. The van der Waals surface area contributed by atoms with Gasteiger partial charge in [0.25, 0.3) is 0 Å². The third-order valence-electron chi connectivity index (χ3n) is 4.10. The second-order valence-corrected chi connectivity index (χ2v) is 6.52. The van der Waals surface area contributed by atoms with Crippen molar-refractivity contribution >= 4 is 29.0 Å². The van der Waals surface area contributed by atoms with Gasteiger partial charge in [0, 0.05) is 44.5 Å². The Balaban J connectivity index is 1.64. The number of benzene rings is 1. The molecule has 128 valence electrons. The van der Waals surface area contributed by atoms with E-state index in [4.69, 9.17) is 27.9 Å². The summed E-state index contributed by atoms with van der Waals surface area (Å²) >= 11 is 12.1. The molecule has 0 saturated carbocycles. The zero-order valence-corrected chi connectivity index (χ0v) is 14.8. The molecule has 3 rings (SSSR count). The van der Waals surface area contributed by atoms with E-state index in [0.29, 0.717) is 22.3 Å². The largest absolute Gasteiger partial charge is 0.496 e. The lowest BCUT2D eigenvalue weighted by Gasteiger charge is -2.35. The molecule has 0 atom stereocenters. The smallest absolute Gasteiger partial charge is 0.147 e. The summed E-state index contributed by atoms with van der Waals surface area (Å²) in [5.41, 5.74) is 0.855. The Labute approximate surface area is 150 Å². The summed E-state index contributed by atoms with van der Waals surface area (Å²) in [6.07, 6.45) is 1.60. The fourth-order valence-corrected chi connectivity index (χ4v) is 3.37. The molecule has 2 aromatic rings. The standard InChI is InChI=1S/C17H18Cl2FN3O/c1-24-16-3-2-14(20)8-12(16)11-22-4-6-23(7-5-22)17-15(19)9-13(18)10-21-17/h2-3,8-10H,4-7,11H2,1H3. The lowest BCUT2D eigenvalue weighted by molar-refractivity contribution is 0.245. The summed E-state index contributed by atoms with van der Waals surface area (Å²) in [5.74, 6) is 1.21. The van der Waals surface area contributed by atoms with Crippen molar-refractivity contribution in [1.29, 1.82) is 0 Å². The van der Waals surface area contributed by atoms with Crippen LogP contribution in [0.25, 0.3) is 0 Å². The van der Waals surface area contributed by atoms with E-state index in [1.807, 2.05) is 0 Å². The quantitative estimate of drug-likeness (QED) is 0.817. The first-order valence-electron chi connectivity index (χ1n) is 7.67. The predicted molar refractivity (Wildman–Crippen MR) is 94.7 cm³/mol. The minimum Gasteiger partial charge on any atom is -0.496 e. The van der Waals surface area contributed by atoms with E-state index in [0.717, 1.165) is 37.6 Å². The van der Waals surface area contributed by atoms with Gasteiger partial charge in [-0.05, 0) is 24.3 Å². The fraction of sp³-hybridized carbons (Fsp3) is 0.353. The zero-order valence-electron chi connectivity index (χ0n) is 13.3. The molecule has 1 aliphatic heterocycles. The summed E-state index contributed by atoms with van der Waals surface area (Å²) in [7, 11) is 1.60. The molecule has 4 nitrogen and oxygen atoms in total. The molecule has 1 aliphatic rings. The van der Waals surface area contributed by atoms with Crippen molar-refractivity contribution in [3.8, 4) is 5.75 Å². The molecule has 7 heteroatoms. The van der Waals surface area contributed by atoms with Gasteiger partial charge >= 0.3 is 0 Å². The number of ether oxygens (including phenoxy) is 1. The molecule has 0 spiro atoms. The van der Waals surface area contributed by atoms with Gasteiger partial charge in [-0.25, -0.2) is 9.37 Å². The topological polar surface area (TPSA) is 28.6 Å². The number of methoxy groups -OCH3 is 1. The van der Waals surface area contributed by atoms with Crippen LogP contribution in [0.3, 0.4) is 0 Å². The maximum Gasteiger partial charge on any atom is 0.147 e. The van der Waals surface area contributed by atoms with Gasteiger partial charge in [-0.2, -0.15) is 0 Å². The lowest BCUT2D eigenvalue weighted by atomic mass is 10.1. The van der Waals surface area contributed by atoms with Crippen molar-refractivity contribution in [3.05, 3.63) is 51.9 Å². The molecule has 1 fully saturated rings. The molecule has 1 aromatic heterocycles. The van der Waals surface area contributed by atoms with Gasteiger partial charge in [-0.15, -0.1) is 0 Å². The highest BCUT2D eigenvalue weighted by Crippen LogP contribution is 2.27. The molecule has 0 bridgehead atoms. The van der Waals surface area contributed by atoms with E-state index in [1.165, 1.54) is 12.1 Å². The summed E-state index contributed by atoms with van der Waals surface area (Å²) in [4.78, 5) is 8.72. The van der Waals surface area contributed by atoms with Crippen LogP contribution in [0.1, 0.15) is 5.56 Å². The van der Waals surface area contributed by atoms with Crippen molar-refractivity contribution in [2.24, 2.45) is 0 Å². The Hall–Kier alpha value is -1.56. The maximum absolute atomic E-state index is 13.5. The van der Waals surface area contributed by atoms with Crippen LogP contribution in [0.15, 0.2) is 30.5 Å². The van der Waals surface area contributed by atoms with E-state index in [2.05, 4.69) is 14.8 Å². The second-order valence-electron chi connectivity index (χ2n) is 5.68. The number of hydrogen-bond acceptors (Lipinski definition) is 4. The highest BCUT2D eigenvalue weighted by Gasteiger charge is 2.21. The van der Waals surface area contributed by atoms with Crippen molar-refractivity contribution in [2.45, 2.75) is 6.54 Å². The highest BCUT2D eigenvalue weighted by molar-refractivity contribution is 6.36. The van der Waals surface area contributed by atoms with E-state index < -0.39 is 0 Å². The lowest BCUT2D eigenvalue weighted by Crippen LogP contribution is -2.46. The van der Waals surface area contributed by atoms with Crippen molar-refractivity contribution < 1.29 is 9.13 Å². The van der Waals surface area contributed by atoms with E-state index >= 15 is 0 Å². The van der Waals surface area contributed by atoms with Gasteiger partial charge in [0.15, 0.2) is 0 Å². The summed E-state index contributed by atoms with van der Waals surface area (Å²) in [5, 5.41) is 1.09. The molecular formula is C17H18Cl2FN3O. The molecule has 1 saturated heterocycles. The van der Waals surface area contributed by atoms with Crippen molar-refractivity contribution in [2.75, 3.05) is 38.2 Å². The number of pyridine rings is 1. The molecule has 0 radical (unpaired) electrons. The van der Waals surface area contributed by atoms with Crippen LogP contribution in [0.4, 0.5) is 10.2 Å². The molecule has 2 heterocycles. The van der Waals surface area contributed by atoms with Gasteiger partial charge in [-0.1, -0.05) is 23.2 Å². The number of rotatable bonds is 4. The Bertz CT molecular complexity index is 721. The molecule has 0 amide bonds. The van der Waals surface area contributed by atoms with Crippen LogP contribution in [-0.4, -0.2) is 43.2 Å². The molecule has 0 N–H and O–H groups in total. The van der Waals surface area contributed by atoms with Crippen LogP contribution < -0.4 is 9.64 Å². The van der Waals surface area contributed by atoms with Gasteiger partial charge in [0.2, 0.25) is 0 Å². The monoisotopic (exact) mass is 369 g/mol. The maximum atomic E-state index is 13.5. The first-order chi connectivity index (χ1) is 11.6. The van der Waals surface area contributed by atoms with E-state index in [9.17, 15) is 4.39 Å². The Morgan fingerprint density at radius 2 is 1.92 bits per heavy atom. The van der Waals surface area contributed by atoms with Gasteiger partial charge < -0.3 is 9.64 Å². The molecule has 0 unspecified atom stereocenters. The number of halogens is 3. The van der Waals surface area contributed by atoms with Crippen LogP contribution in [0.5, 0.6) is 5.75 Å². The van der Waals surface area contributed by atoms with Crippen molar-refractivity contribution in [1.82, 2.24) is 9.88 Å². The van der Waals surface area contributed by atoms with Crippen LogP contribution in [-0.2, 0) is 6.54 Å². The average molecular weight is 370 g/mol. The average Bonchev–Trinajstić information content (AvgIpc) is 2.56. The molecular weight excluding hydrogens is 352 g/mol. The van der Waals surface area contributed by atoms with Crippen molar-refractivity contribution in [3.63, 3.8) is 0 Å². The molecule has 24 heavy (non-hydrogen) atoms. The van der Waals surface area contributed by atoms with Gasteiger partial charge in [0.1, 0.15) is 17.4 Å². The summed E-state index contributed by atoms with van der Waals surface area (Å²) in [6.45, 7) is 3.91. The third kappa shape index (κ3) is 3.91. The number of piperazine rings is 1. The van der Waals surface area contributed by atoms with E-state index in [-0.39, 0.29) is 5.82 Å². The normalized spacial score (nSPS) is 15.6. The number of anilines is 1. The van der Waals surface area contributed by atoms with Gasteiger partial charge in [0.05, 0.1) is 17.2 Å². The minimum absolute atomic E-state index is 0.249. The first-order valence-corrected chi connectivity index (χ1v) is 8.43. The number of hydrogen-bond donors (Lipinski definition) is 0. The predicted octanol–water partition coefficient (Wildman–Crippen LogP) is 3.86. The van der Waals surface area contributed by atoms with E-state index in [1.54, 1.807) is 25.4 Å². The first kappa shape index (κ1) is 17.3. The summed E-state index contributed by atoms with van der Waals surface area (Å²) in [6, 6.07) is 6.31. The third-order valence-corrected chi connectivity index (χ3v) is 4.58. The Kier molecular flexibility index (Phi) is 5.43. The Morgan fingerprint density at radius 3 is 2.58 bits per heavy atom. The number of aromatic nitrogens is 1. The second kappa shape index (κ2) is 7.55. The SMILES string of the molecule is COc1ccc(F)cc1CN1CCN(c2ncc(Cl)cc2Cl)CC1.